The third-order valence-corrected chi connectivity index (χ3v) is 2.71. The molecule has 4 nitrogen and oxygen atoms in total. The van der Waals surface area contributed by atoms with Crippen LogP contribution in [0.1, 0.15) is 5.69 Å². The molecule has 1 heterocycles. The Morgan fingerprint density at radius 2 is 2.19 bits per heavy atom. The van der Waals surface area contributed by atoms with E-state index in [0.29, 0.717) is 5.76 Å². The van der Waals surface area contributed by atoms with E-state index < -0.39 is 0 Å². The molecule has 1 aromatic carbocycles. The smallest absolute Gasteiger partial charge is 0.292 e. The molecule has 0 aliphatic heterocycles. The fraction of sp³-hybridized carbons (Fsp3) is 0.182. The molecular weight excluding hydrogens is 272 g/mol. The van der Waals surface area contributed by atoms with Gasteiger partial charge in [-0.2, -0.15) is 4.98 Å². The van der Waals surface area contributed by atoms with Crippen molar-refractivity contribution in [3.05, 3.63) is 28.4 Å². The predicted molar refractivity (Wildman–Crippen MR) is 65.3 cm³/mol. The van der Waals surface area contributed by atoms with Crippen molar-refractivity contribution in [2.75, 3.05) is 12.8 Å². The first-order chi connectivity index (χ1) is 7.61. The summed E-state index contributed by atoms with van der Waals surface area (Å²) in [5.41, 5.74) is 7.09. The van der Waals surface area contributed by atoms with Crippen LogP contribution in [0.2, 0.25) is 0 Å². The molecule has 0 spiro atoms. The van der Waals surface area contributed by atoms with E-state index >= 15 is 0 Å². The zero-order valence-electron chi connectivity index (χ0n) is 8.95. The highest BCUT2D eigenvalue weighted by Crippen LogP contribution is 2.35. The summed E-state index contributed by atoms with van der Waals surface area (Å²) in [6, 6.07) is 5.83. The van der Waals surface area contributed by atoms with E-state index in [-0.39, 0.29) is 6.01 Å². The van der Waals surface area contributed by atoms with Gasteiger partial charge in [-0.25, -0.2) is 0 Å². The number of nitrogens with zero attached hydrogens (tertiary/aromatic N) is 1. The fourth-order valence-corrected chi connectivity index (χ4v) is 1.89. The minimum absolute atomic E-state index is 0.162. The molecule has 0 saturated carbocycles. The Hall–Kier alpha value is -1.49. The Morgan fingerprint density at radius 1 is 1.44 bits per heavy atom. The van der Waals surface area contributed by atoms with Gasteiger partial charge in [-0.3, -0.25) is 0 Å². The van der Waals surface area contributed by atoms with Crippen LogP contribution >= 0.6 is 15.9 Å². The zero-order valence-corrected chi connectivity index (χ0v) is 10.5. The minimum atomic E-state index is 0.162. The van der Waals surface area contributed by atoms with E-state index in [1.807, 2.05) is 25.1 Å². The number of hydrogen-bond donors (Lipinski definition) is 1. The van der Waals surface area contributed by atoms with Crippen LogP contribution < -0.4 is 10.5 Å². The second kappa shape index (κ2) is 4.17. The van der Waals surface area contributed by atoms with Crippen molar-refractivity contribution >= 4 is 21.9 Å². The molecular formula is C11H11BrN2O2. The number of halogens is 1. The maximum atomic E-state index is 5.52. The Bertz CT molecular complexity index is 523. The predicted octanol–water partition coefficient (Wildman–Crippen LogP) is 3.00. The molecule has 2 aromatic rings. The quantitative estimate of drug-likeness (QED) is 0.920. The minimum Gasteiger partial charge on any atom is -0.496 e. The van der Waals surface area contributed by atoms with Gasteiger partial charge < -0.3 is 14.9 Å². The number of hydrogen-bond acceptors (Lipinski definition) is 4. The third-order valence-electron chi connectivity index (χ3n) is 2.22. The number of nitrogens with two attached hydrogens (primary N) is 1. The molecule has 0 atom stereocenters. The number of nitrogen functional groups attached to an aromatic ring is 1. The van der Waals surface area contributed by atoms with Crippen molar-refractivity contribution < 1.29 is 9.15 Å². The maximum absolute atomic E-state index is 5.52. The summed E-state index contributed by atoms with van der Waals surface area (Å²) in [7, 11) is 1.61. The topological polar surface area (TPSA) is 61.3 Å². The first-order valence-corrected chi connectivity index (χ1v) is 5.48. The van der Waals surface area contributed by atoms with Crippen LogP contribution in [-0.2, 0) is 0 Å². The molecule has 2 rings (SSSR count). The molecule has 0 bridgehead atoms. The monoisotopic (exact) mass is 282 g/mol. The summed E-state index contributed by atoms with van der Waals surface area (Å²) in [4.78, 5) is 4.03. The van der Waals surface area contributed by atoms with Gasteiger partial charge in [0.05, 0.1) is 18.4 Å². The number of methoxy groups -OCH3 is 1. The number of aryl methyl sites for hydroxylation is 1. The van der Waals surface area contributed by atoms with Gasteiger partial charge in [0.2, 0.25) is 0 Å². The molecule has 0 amide bonds. The van der Waals surface area contributed by atoms with Gasteiger partial charge in [0.15, 0.2) is 5.76 Å². The van der Waals surface area contributed by atoms with E-state index in [1.165, 1.54) is 0 Å². The molecule has 0 unspecified atom stereocenters. The second-order valence-corrected chi connectivity index (χ2v) is 4.23. The van der Waals surface area contributed by atoms with Gasteiger partial charge in [0.25, 0.3) is 6.01 Å². The first kappa shape index (κ1) is 11.0. The molecule has 2 N–H and O–H groups in total. The molecule has 1 aromatic heterocycles. The normalized spacial score (nSPS) is 10.4. The maximum Gasteiger partial charge on any atom is 0.292 e. The van der Waals surface area contributed by atoms with Crippen LogP contribution in [0.5, 0.6) is 5.75 Å². The summed E-state index contributed by atoms with van der Waals surface area (Å²) in [5.74, 6) is 1.36. The van der Waals surface area contributed by atoms with Crippen molar-refractivity contribution in [1.82, 2.24) is 4.98 Å². The van der Waals surface area contributed by atoms with Gasteiger partial charge >= 0.3 is 0 Å². The largest absolute Gasteiger partial charge is 0.496 e. The van der Waals surface area contributed by atoms with Gasteiger partial charge in [0, 0.05) is 4.47 Å². The average molecular weight is 283 g/mol. The number of benzene rings is 1. The number of ether oxygens (including phenoxy) is 1. The van der Waals surface area contributed by atoms with Crippen LogP contribution in [0.4, 0.5) is 6.01 Å². The van der Waals surface area contributed by atoms with Crippen molar-refractivity contribution in [1.29, 1.82) is 0 Å². The molecule has 0 radical (unpaired) electrons. The van der Waals surface area contributed by atoms with Gasteiger partial charge in [-0.05, 0) is 25.1 Å². The first-order valence-electron chi connectivity index (χ1n) is 4.68. The molecule has 84 valence electrons. The molecule has 5 heteroatoms. The van der Waals surface area contributed by atoms with Crippen molar-refractivity contribution in [3.63, 3.8) is 0 Å². The lowest BCUT2D eigenvalue weighted by Crippen LogP contribution is -1.88. The summed E-state index contributed by atoms with van der Waals surface area (Å²) < 4.78 is 11.6. The van der Waals surface area contributed by atoms with Crippen LogP contribution in [0.3, 0.4) is 0 Å². The van der Waals surface area contributed by atoms with Crippen LogP contribution in [0, 0.1) is 6.92 Å². The van der Waals surface area contributed by atoms with E-state index in [9.17, 15) is 0 Å². The van der Waals surface area contributed by atoms with Crippen LogP contribution in [0.15, 0.2) is 27.1 Å². The zero-order chi connectivity index (χ0) is 11.7. The lowest BCUT2D eigenvalue weighted by atomic mass is 10.1. The number of aromatic nitrogens is 1. The Balaban J connectivity index is 2.62. The lowest BCUT2D eigenvalue weighted by Gasteiger charge is -2.06. The summed E-state index contributed by atoms with van der Waals surface area (Å²) in [6.45, 7) is 1.84. The van der Waals surface area contributed by atoms with Crippen molar-refractivity contribution in [2.45, 2.75) is 6.92 Å². The van der Waals surface area contributed by atoms with Crippen molar-refractivity contribution in [3.8, 4) is 17.1 Å². The third kappa shape index (κ3) is 1.90. The van der Waals surface area contributed by atoms with Crippen LogP contribution in [-0.4, -0.2) is 12.1 Å². The Labute approximate surface area is 102 Å². The SMILES string of the molecule is COc1ccc(Br)cc1-c1oc(N)nc1C. The number of anilines is 1. The molecule has 0 saturated heterocycles. The molecule has 0 aliphatic rings. The summed E-state index contributed by atoms with van der Waals surface area (Å²) >= 11 is 3.41. The molecule has 16 heavy (non-hydrogen) atoms. The average Bonchev–Trinajstić information content (AvgIpc) is 2.57. The van der Waals surface area contributed by atoms with Gasteiger partial charge in [0.1, 0.15) is 5.75 Å². The van der Waals surface area contributed by atoms with E-state index in [1.54, 1.807) is 7.11 Å². The number of oxazole rings is 1. The lowest BCUT2D eigenvalue weighted by molar-refractivity contribution is 0.414. The van der Waals surface area contributed by atoms with Crippen LogP contribution in [0.25, 0.3) is 11.3 Å². The highest BCUT2D eigenvalue weighted by Gasteiger charge is 2.14. The van der Waals surface area contributed by atoms with Crippen molar-refractivity contribution in [2.24, 2.45) is 0 Å². The second-order valence-electron chi connectivity index (χ2n) is 3.31. The molecule has 0 aliphatic carbocycles. The van der Waals surface area contributed by atoms with E-state index in [0.717, 1.165) is 21.5 Å². The fourth-order valence-electron chi connectivity index (χ4n) is 1.52. The van der Waals surface area contributed by atoms with Gasteiger partial charge in [-0.15, -0.1) is 0 Å². The highest BCUT2D eigenvalue weighted by molar-refractivity contribution is 9.10. The van der Waals surface area contributed by atoms with E-state index in [4.69, 9.17) is 14.9 Å². The Morgan fingerprint density at radius 3 is 2.75 bits per heavy atom. The Kier molecular flexibility index (Phi) is 2.87. The summed E-state index contributed by atoms with van der Waals surface area (Å²) in [5, 5.41) is 0. The molecule has 0 fully saturated rings. The van der Waals surface area contributed by atoms with E-state index in [2.05, 4.69) is 20.9 Å². The highest BCUT2D eigenvalue weighted by atomic mass is 79.9. The standard InChI is InChI=1S/C11H11BrN2O2/c1-6-10(16-11(13)14-6)8-5-7(12)3-4-9(8)15-2/h3-5H,1-2H3,(H2,13,14). The number of rotatable bonds is 2. The van der Waals surface area contributed by atoms with Gasteiger partial charge in [-0.1, -0.05) is 15.9 Å². The summed E-state index contributed by atoms with van der Waals surface area (Å²) in [6.07, 6.45) is 0.